The smallest absolute Gasteiger partial charge is 0.307 e. The molecule has 0 bridgehead atoms. The van der Waals surface area contributed by atoms with Gasteiger partial charge in [0.25, 0.3) is 0 Å². The van der Waals surface area contributed by atoms with Crippen LogP contribution < -0.4 is 0 Å². The van der Waals surface area contributed by atoms with Gasteiger partial charge in [0.2, 0.25) is 0 Å². The Bertz CT molecular complexity index is 194. The van der Waals surface area contributed by atoms with Crippen LogP contribution in [0.3, 0.4) is 0 Å². The summed E-state index contributed by atoms with van der Waals surface area (Å²) in [5, 5.41) is 8.93. The number of nitrogens with zero attached hydrogens (tertiary/aromatic N) is 1. The van der Waals surface area contributed by atoms with Crippen molar-refractivity contribution in [2.24, 2.45) is 5.92 Å². The number of hydrogen-bond donors (Lipinski definition) is 1. The molecular formula is C13H27NO2. The summed E-state index contributed by atoms with van der Waals surface area (Å²) in [4.78, 5) is 13.2. The highest BCUT2D eigenvalue weighted by Gasteiger charge is 2.20. The number of carbonyl (C=O) groups is 1. The summed E-state index contributed by atoms with van der Waals surface area (Å²) in [5.74, 6) is -0.959. The number of carboxylic acid groups (broad SMARTS) is 1. The SMILES string of the molecule is CCCCC(CC)N(CC)CC(C)C(=O)O. The molecule has 0 aliphatic rings. The second kappa shape index (κ2) is 8.57. The van der Waals surface area contributed by atoms with Gasteiger partial charge in [0.15, 0.2) is 0 Å². The van der Waals surface area contributed by atoms with E-state index in [1.165, 1.54) is 19.3 Å². The van der Waals surface area contributed by atoms with Gasteiger partial charge in [-0.3, -0.25) is 9.69 Å². The normalized spacial score (nSPS) is 15.1. The quantitative estimate of drug-likeness (QED) is 0.660. The van der Waals surface area contributed by atoms with Crippen LogP contribution in [-0.2, 0) is 4.79 Å². The van der Waals surface area contributed by atoms with Crippen molar-refractivity contribution in [1.82, 2.24) is 4.90 Å². The van der Waals surface area contributed by atoms with Crippen LogP contribution in [0.15, 0.2) is 0 Å². The highest BCUT2D eigenvalue weighted by Crippen LogP contribution is 2.14. The van der Waals surface area contributed by atoms with Gasteiger partial charge in [0.1, 0.15) is 0 Å². The molecule has 0 amide bonds. The van der Waals surface area contributed by atoms with E-state index in [4.69, 9.17) is 5.11 Å². The third-order valence-corrected chi connectivity index (χ3v) is 3.21. The first-order valence-corrected chi connectivity index (χ1v) is 6.53. The molecule has 0 radical (unpaired) electrons. The number of aliphatic carboxylic acids is 1. The summed E-state index contributed by atoms with van der Waals surface area (Å²) in [7, 11) is 0. The molecule has 0 aromatic carbocycles. The molecule has 0 rings (SSSR count). The van der Waals surface area contributed by atoms with Gasteiger partial charge in [-0.15, -0.1) is 0 Å². The van der Waals surface area contributed by atoms with Crippen LogP contribution in [0.4, 0.5) is 0 Å². The lowest BCUT2D eigenvalue weighted by Crippen LogP contribution is -2.39. The van der Waals surface area contributed by atoms with Gasteiger partial charge in [-0.1, -0.05) is 40.5 Å². The van der Waals surface area contributed by atoms with Crippen molar-refractivity contribution >= 4 is 5.97 Å². The van der Waals surface area contributed by atoms with E-state index in [9.17, 15) is 4.79 Å². The highest BCUT2D eigenvalue weighted by atomic mass is 16.4. The molecule has 0 heterocycles. The van der Waals surface area contributed by atoms with Gasteiger partial charge in [0.05, 0.1) is 5.92 Å². The van der Waals surface area contributed by atoms with Crippen molar-refractivity contribution in [3.8, 4) is 0 Å². The average Bonchev–Trinajstić information content (AvgIpc) is 2.27. The fourth-order valence-corrected chi connectivity index (χ4v) is 2.05. The summed E-state index contributed by atoms with van der Waals surface area (Å²) in [5.41, 5.74) is 0. The molecule has 0 aliphatic heterocycles. The lowest BCUT2D eigenvalue weighted by atomic mass is 10.0. The van der Waals surface area contributed by atoms with E-state index in [1.54, 1.807) is 6.92 Å². The lowest BCUT2D eigenvalue weighted by molar-refractivity contribution is -0.141. The molecule has 0 fully saturated rings. The predicted octanol–water partition coefficient (Wildman–Crippen LogP) is 3.00. The van der Waals surface area contributed by atoms with Gasteiger partial charge in [-0.2, -0.15) is 0 Å². The van der Waals surface area contributed by atoms with Crippen molar-refractivity contribution < 1.29 is 9.90 Å². The fourth-order valence-electron chi connectivity index (χ4n) is 2.05. The van der Waals surface area contributed by atoms with Gasteiger partial charge < -0.3 is 5.11 Å². The van der Waals surface area contributed by atoms with Crippen LogP contribution in [0.5, 0.6) is 0 Å². The second-order valence-corrected chi connectivity index (χ2v) is 4.53. The number of unbranched alkanes of at least 4 members (excludes halogenated alkanes) is 1. The van der Waals surface area contributed by atoms with Crippen LogP contribution in [0, 0.1) is 5.92 Å². The van der Waals surface area contributed by atoms with Crippen molar-refractivity contribution in [3.05, 3.63) is 0 Å². The van der Waals surface area contributed by atoms with Gasteiger partial charge in [0, 0.05) is 12.6 Å². The molecule has 3 nitrogen and oxygen atoms in total. The van der Waals surface area contributed by atoms with E-state index in [0.717, 1.165) is 13.0 Å². The van der Waals surface area contributed by atoms with Gasteiger partial charge >= 0.3 is 5.97 Å². The topological polar surface area (TPSA) is 40.5 Å². The minimum atomic E-state index is -0.691. The zero-order chi connectivity index (χ0) is 12.6. The van der Waals surface area contributed by atoms with Gasteiger partial charge in [-0.25, -0.2) is 0 Å². The van der Waals surface area contributed by atoms with E-state index < -0.39 is 5.97 Å². The molecule has 2 atom stereocenters. The lowest BCUT2D eigenvalue weighted by Gasteiger charge is -2.31. The standard InChI is InChI=1S/C13H27NO2/c1-5-8-9-12(6-2)14(7-3)10-11(4)13(15)16/h11-12H,5-10H2,1-4H3,(H,15,16). The third-order valence-electron chi connectivity index (χ3n) is 3.21. The number of hydrogen-bond acceptors (Lipinski definition) is 2. The van der Waals surface area contributed by atoms with E-state index >= 15 is 0 Å². The first kappa shape index (κ1) is 15.4. The molecule has 3 heteroatoms. The first-order valence-electron chi connectivity index (χ1n) is 6.53. The molecule has 0 saturated carbocycles. The van der Waals surface area contributed by atoms with E-state index in [-0.39, 0.29) is 5.92 Å². The first-order chi connectivity index (χ1) is 7.56. The highest BCUT2D eigenvalue weighted by molar-refractivity contribution is 5.69. The minimum Gasteiger partial charge on any atom is -0.481 e. The van der Waals surface area contributed by atoms with Crippen molar-refractivity contribution in [2.75, 3.05) is 13.1 Å². The molecule has 16 heavy (non-hydrogen) atoms. The number of rotatable bonds is 9. The van der Waals surface area contributed by atoms with Gasteiger partial charge in [-0.05, 0) is 19.4 Å². The Labute approximate surface area is 99.8 Å². The van der Waals surface area contributed by atoms with Crippen molar-refractivity contribution in [1.29, 1.82) is 0 Å². The van der Waals surface area contributed by atoms with Crippen LogP contribution in [0.1, 0.15) is 53.4 Å². The third kappa shape index (κ3) is 5.50. The van der Waals surface area contributed by atoms with Crippen molar-refractivity contribution in [3.63, 3.8) is 0 Å². The summed E-state index contributed by atoms with van der Waals surface area (Å²) in [6, 6.07) is 0.548. The largest absolute Gasteiger partial charge is 0.481 e. The molecule has 96 valence electrons. The molecular weight excluding hydrogens is 202 g/mol. The predicted molar refractivity (Wildman–Crippen MR) is 67.7 cm³/mol. The van der Waals surface area contributed by atoms with Crippen LogP contribution in [-0.4, -0.2) is 35.1 Å². The van der Waals surface area contributed by atoms with Crippen LogP contribution in [0.25, 0.3) is 0 Å². The zero-order valence-electron chi connectivity index (χ0n) is 11.2. The molecule has 0 aromatic rings. The minimum absolute atomic E-state index is 0.268. The number of carboxylic acids is 1. The molecule has 0 spiro atoms. The van der Waals surface area contributed by atoms with Crippen LogP contribution >= 0.6 is 0 Å². The average molecular weight is 229 g/mol. The van der Waals surface area contributed by atoms with Crippen LogP contribution in [0.2, 0.25) is 0 Å². The molecule has 0 aliphatic carbocycles. The maximum atomic E-state index is 10.8. The van der Waals surface area contributed by atoms with E-state index in [2.05, 4.69) is 25.7 Å². The summed E-state index contributed by atoms with van der Waals surface area (Å²) >= 11 is 0. The summed E-state index contributed by atoms with van der Waals surface area (Å²) in [6.45, 7) is 9.91. The Morgan fingerprint density at radius 3 is 2.31 bits per heavy atom. The molecule has 0 aromatic heterocycles. The maximum Gasteiger partial charge on any atom is 0.307 e. The Balaban J connectivity index is 4.25. The monoisotopic (exact) mass is 229 g/mol. The fraction of sp³-hybridized carbons (Fsp3) is 0.923. The Morgan fingerprint density at radius 1 is 1.31 bits per heavy atom. The molecule has 2 unspecified atom stereocenters. The maximum absolute atomic E-state index is 10.8. The summed E-state index contributed by atoms with van der Waals surface area (Å²) < 4.78 is 0. The van der Waals surface area contributed by atoms with Crippen molar-refractivity contribution in [2.45, 2.75) is 59.4 Å². The van der Waals surface area contributed by atoms with E-state index in [0.29, 0.717) is 12.6 Å². The Morgan fingerprint density at radius 2 is 1.94 bits per heavy atom. The van der Waals surface area contributed by atoms with E-state index in [1.807, 2.05) is 0 Å². The second-order valence-electron chi connectivity index (χ2n) is 4.53. The molecule has 1 N–H and O–H groups in total. The Hall–Kier alpha value is -0.570. The molecule has 0 saturated heterocycles. The summed E-state index contributed by atoms with van der Waals surface area (Å²) in [6.07, 6.45) is 4.74. The Kier molecular flexibility index (Phi) is 8.26. The zero-order valence-corrected chi connectivity index (χ0v) is 11.2.